The molecule has 1 N–H and O–H groups in total. The molecule has 130 valence electrons. The third-order valence-electron chi connectivity index (χ3n) is 5.12. The summed E-state index contributed by atoms with van der Waals surface area (Å²) in [7, 11) is 0. The van der Waals surface area contributed by atoms with Gasteiger partial charge in [0.2, 0.25) is 5.78 Å². The highest BCUT2D eigenvalue weighted by Crippen LogP contribution is 2.38. The number of fused-ring (bicyclic) bond motifs is 1. The number of piperidine rings is 1. The van der Waals surface area contributed by atoms with Crippen LogP contribution >= 0.6 is 11.3 Å². The summed E-state index contributed by atoms with van der Waals surface area (Å²) in [5.41, 5.74) is 1.16. The maximum Gasteiger partial charge on any atom is 0.232 e. The van der Waals surface area contributed by atoms with Gasteiger partial charge in [0.05, 0.1) is 18.7 Å². The Kier molecular flexibility index (Phi) is 4.36. The van der Waals surface area contributed by atoms with Gasteiger partial charge >= 0.3 is 0 Å². The molecule has 0 amide bonds. The van der Waals surface area contributed by atoms with Crippen LogP contribution in [0, 0.1) is 5.92 Å². The lowest BCUT2D eigenvalue weighted by Gasteiger charge is -2.29. The van der Waals surface area contributed by atoms with Crippen LogP contribution in [-0.4, -0.2) is 18.9 Å². The van der Waals surface area contributed by atoms with Crippen molar-refractivity contribution < 1.29 is 19.5 Å². The van der Waals surface area contributed by atoms with Crippen molar-refractivity contribution in [3.8, 4) is 11.5 Å². The number of likely N-dealkylation sites (tertiary alicyclic amines) is 1. The maximum absolute atomic E-state index is 12.6. The fourth-order valence-corrected chi connectivity index (χ4v) is 4.20. The van der Waals surface area contributed by atoms with Crippen molar-refractivity contribution in [3.05, 3.63) is 51.4 Å². The molecule has 0 saturated carbocycles. The summed E-state index contributed by atoms with van der Waals surface area (Å²) in [5.74, 6) is 1.38. The van der Waals surface area contributed by atoms with Crippen molar-refractivity contribution in [1.82, 2.24) is 0 Å². The molecule has 1 saturated heterocycles. The van der Waals surface area contributed by atoms with Crippen LogP contribution in [-0.2, 0) is 6.54 Å². The Morgan fingerprint density at radius 3 is 2.84 bits per heavy atom. The zero-order valence-corrected chi connectivity index (χ0v) is 15.0. The summed E-state index contributed by atoms with van der Waals surface area (Å²) in [6, 6.07) is 6.99. The maximum atomic E-state index is 12.6. The fraction of sp³-hybridized carbons (Fsp3) is 0.350. The minimum Gasteiger partial charge on any atom is -0.872 e. The monoisotopic (exact) mass is 355 g/mol. The number of nitrogens with one attached hydrogen (secondary N) is 1. The van der Waals surface area contributed by atoms with Crippen LogP contribution in [0.1, 0.15) is 40.6 Å². The molecule has 4 nitrogen and oxygen atoms in total. The first kappa shape index (κ1) is 16.4. The lowest BCUT2D eigenvalue weighted by Crippen LogP contribution is -3.11. The van der Waals surface area contributed by atoms with Gasteiger partial charge in [0.1, 0.15) is 12.3 Å². The second kappa shape index (κ2) is 6.65. The zero-order valence-electron chi connectivity index (χ0n) is 14.2. The van der Waals surface area contributed by atoms with Crippen LogP contribution < -0.4 is 14.7 Å². The number of allylic oxidation sites excluding steroid dienone is 1. The second-order valence-corrected chi connectivity index (χ2v) is 7.96. The summed E-state index contributed by atoms with van der Waals surface area (Å²) in [5, 5.41) is 14.4. The normalized spacial score (nSPS) is 24.4. The Labute approximate surface area is 151 Å². The Hall–Kier alpha value is -2.11. The van der Waals surface area contributed by atoms with Crippen LogP contribution in [0.4, 0.5) is 0 Å². The molecule has 25 heavy (non-hydrogen) atoms. The van der Waals surface area contributed by atoms with Gasteiger partial charge in [-0.25, -0.2) is 0 Å². The number of rotatable bonds is 3. The van der Waals surface area contributed by atoms with Crippen LogP contribution in [0.25, 0.3) is 6.08 Å². The van der Waals surface area contributed by atoms with Gasteiger partial charge in [-0.15, -0.1) is 11.3 Å². The molecule has 0 unspecified atom stereocenters. The van der Waals surface area contributed by atoms with Gasteiger partial charge in [-0.3, -0.25) is 4.79 Å². The lowest BCUT2D eigenvalue weighted by atomic mass is 9.98. The van der Waals surface area contributed by atoms with Crippen LogP contribution in [0.3, 0.4) is 0 Å². The number of carbonyl (C=O) groups excluding carboxylic acids is 1. The first-order chi connectivity index (χ1) is 12.1. The summed E-state index contributed by atoms with van der Waals surface area (Å²) in [6.07, 6.45) is 4.13. The molecular formula is C20H21NO3S. The van der Waals surface area contributed by atoms with Gasteiger partial charge in [0.25, 0.3) is 0 Å². The van der Waals surface area contributed by atoms with Crippen molar-refractivity contribution in [1.29, 1.82) is 0 Å². The molecule has 1 aromatic heterocycles. The van der Waals surface area contributed by atoms with E-state index >= 15 is 0 Å². The zero-order chi connectivity index (χ0) is 17.4. The number of ether oxygens (including phenoxy) is 1. The van der Waals surface area contributed by atoms with Gasteiger partial charge in [-0.2, -0.15) is 0 Å². The molecule has 1 aromatic carbocycles. The van der Waals surface area contributed by atoms with Crippen molar-refractivity contribution >= 4 is 23.2 Å². The van der Waals surface area contributed by atoms with Crippen LogP contribution in [0.15, 0.2) is 35.4 Å². The quantitative estimate of drug-likeness (QED) is 0.860. The summed E-state index contributed by atoms with van der Waals surface area (Å²) in [6.45, 7) is 5.04. The van der Waals surface area contributed by atoms with Crippen molar-refractivity contribution in [2.45, 2.75) is 26.3 Å². The van der Waals surface area contributed by atoms with Crippen LogP contribution in [0.2, 0.25) is 0 Å². The Morgan fingerprint density at radius 1 is 1.32 bits per heavy atom. The highest BCUT2D eigenvalue weighted by molar-refractivity contribution is 7.10. The first-order valence-corrected chi connectivity index (χ1v) is 9.64. The number of carbonyl (C=O) groups is 1. The molecular weight excluding hydrogens is 334 g/mol. The average molecular weight is 355 g/mol. The summed E-state index contributed by atoms with van der Waals surface area (Å²) < 4.78 is 5.87. The lowest BCUT2D eigenvalue weighted by molar-refractivity contribution is -0.919. The number of quaternary nitrogens is 1. The van der Waals surface area contributed by atoms with Gasteiger partial charge in [-0.05, 0) is 36.3 Å². The molecule has 2 aromatic rings. The van der Waals surface area contributed by atoms with E-state index in [2.05, 4.69) is 6.92 Å². The second-order valence-electron chi connectivity index (χ2n) is 6.98. The molecule has 0 aliphatic carbocycles. The SMILES string of the molecule is CC1CC[NH+](Cc2c([O-])ccc3c2O/C(=C\c2cccs2)C3=O)CC1. The third-order valence-corrected chi connectivity index (χ3v) is 5.94. The molecule has 0 atom stereocenters. The van der Waals surface area contributed by atoms with E-state index in [9.17, 15) is 9.90 Å². The minimum atomic E-state index is -0.132. The Morgan fingerprint density at radius 2 is 2.12 bits per heavy atom. The predicted octanol–water partition coefficient (Wildman–Crippen LogP) is 2.25. The fourth-order valence-electron chi connectivity index (χ4n) is 3.56. The standard InChI is InChI=1S/C20H21NO3S/c1-13-6-8-21(9-7-13)12-16-17(22)5-4-15-19(23)18(24-20(15)16)11-14-3-2-10-25-14/h2-5,10-11,13,22H,6-9,12H2,1H3/b18-11-. The van der Waals surface area contributed by atoms with Crippen molar-refractivity contribution in [2.24, 2.45) is 5.92 Å². The molecule has 0 radical (unpaired) electrons. The van der Waals surface area contributed by atoms with Gasteiger partial charge in [0.15, 0.2) is 5.76 Å². The van der Waals surface area contributed by atoms with Crippen molar-refractivity contribution in [2.75, 3.05) is 13.1 Å². The number of Topliss-reactive ketones (excluding diaryl/α,β-unsaturated/α-hetero) is 1. The van der Waals surface area contributed by atoms with E-state index in [1.807, 2.05) is 17.5 Å². The molecule has 3 heterocycles. The van der Waals surface area contributed by atoms with E-state index in [1.165, 1.54) is 23.8 Å². The van der Waals surface area contributed by atoms with Crippen molar-refractivity contribution in [3.63, 3.8) is 0 Å². The van der Waals surface area contributed by atoms with E-state index in [0.717, 1.165) is 23.9 Å². The molecule has 2 aliphatic heterocycles. The largest absolute Gasteiger partial charge is 0.872 e. The minimum absolute atomic E-state index is 0.0324. The van der Waals surface area contributed by atoms with E-state index < -0.39 is 0 Å². The highest BCUT2D eigenvalue weighted by Gasteiger charge is 2.31. The predicted molar refractivity (Wildman–Crippen MR) is 95.9 cm³/mol. The third kappa shape index (κ3) is 3.22. The Balaban J connectivity index is 1.62. The van der Waals surface area contributed by atoms with E-state index in [1.54, 1.807) is 23.5 Å². The number of hydrogen-bond donors (Lipinski definition) is 1. The molecule has 0 spiro atoms. The molecule has 2 aliphatic rings. The highest BCUT2D eigenvalue weighted by atomic mass is 32.1. The van der Waals surface area contributed by atoms with E-state index in [0.29, 0.717) is 29.2 Å². The Bertz CT molecular complexity index is 818. The number of hydrogen-bond acceptors (Lipinski definition) is 4. The number of benzene rings is 1. The first-order valence-electron chi connectivity index (χ1n) is 8.76. The topological polar surface area (TPSA) is 53.8 Å². The van der Waals surface area contributed by atoms with Gasteiger partial charge in [0, 0.05) is 16.5 Å². The summed E-state index contributed by atoms with van der Waals surface area (Å²) >= 11 is 1.55. The molecule has 0 bridgehead atoms. The smallest absolute Gasteiger partial charge is 0.232 e. The summed E-state index contributed by atoms with van der Waals surface area (Å²) in [4.78, 5) is 15.0. The number of ketones is 1. The van der Waals surface area contributed by atoms with E-state index in [4.69, 9.17) is 4.74 Å². The van der Waals surface area contributed by atoms with E-state index in [-0.39, 0.29) is 11.5 Å². The molecule has 1 fully saturated rings. The molecule has 5 heteroatoms. The number of thiophene rings is 1. The molecule has 4 rings (SSSR count). The van der Waals surface area contributed by atoms with Gasteiger partial charge in [-0.1, -0.05) is 24.8 Å². The van der Waals surface area contributed by atoms with Crippen LogP contribution in [0.5, 0.6) is 11.5 Å². The average Bonchev–Trinajstić information content (AvgIpc) is 3.22. The van der Waals surface area contributed by atoms with Gasteiger partial charge < -0.3 is 14.7 Å².